The Kier molecular flexibility index (Phi) is 3.83. The molecular weight excluding hydrogens is 222 g/mol. The minimum atomic E-state index is 0.919. The smallest absolute Gasteiger partial charge is 0.0354 e. The highest BCUT2D eigenvalue weighted by molar-refractivity contribution is 9.10. The van der Waals surface area contributed by atoms with Crippen molar-refractivity contribution >= 4 is 33.3 Å². The summed E-state index contributed by atoms with van der Waals surface area (Å²) >= 11 is 5.16. The number of likely N-dealkylation sites (N-methyl/N-ethyl adjacent to an activating group) is 1. The third kappa shape index (κ3) is 2.77. The van der Waals surface area contributed by atoms with Crippen molar-refractivity contribution < 1.29 is 0 Å². The molecule has 0 unspecified atom stereocenters. The molecule has 0 aliphatic rings. The molecule has 0 saturated carbocycles. The zero-order chi connectivity index (χ0) is 8.10. The van der Waals surface area contributed by atoms with Gasteiger partial charge in [0, 0.05) is 16.4 Å². The summed E-state index contributed by atoms with van der Waals surface area (Å²) < 4.78 is 1.18. The lowest BCUT2D eigenvalue weighted by Crippen LogP contribution is -2.03. The average molecular weight is 232 g/mol. The van der Waals surface area contributed by atoms with E-state index >= 15 is 0 Å². The highest BCUT2D eigenvalue weighted by atomic mass is 79.9. The van der Waals surface area contributed by atoms with Gasteiger partial charge in [-0.25, -0.2) is 0 Å². The van der Waals surface area contributed by atoms with Gasteiger partial charge in [-0.3, -0.25) is 0 Å². The number of rotatable bonds is 3. The standard InChI is InChI=1S/C8H10BrNS/c1-10-4-2-3-7-5-11-6-8(7)9/h2-3,5-6,10H,4H2,1H3. The Morgan fingerprint density at radius 3 is 3.00 bits per heavy atom. The van der Waals surface area contributed by atoms with E-state index in [1.54, 1.807) is 11.3 Å². The van der Waals surface area contributed by atoms with Crippen molar-refractivity contribution in [3.8, 4) is 0 Å². The lowest BCUT2D eigenvalue weighted by Gasteiger charge is -1.88. The van der Waals surface area contributed by atoms with Crippen LogP contribution in [0.4, 0.5) is 0 Å². The van der Waals surface area contributed by atoms with Gasteiger partial charge in [0.2, 0.25) is 0 Å². The summed E-state index contributed by atoms with van der Waals surface area (Å²) in [7, 11) is 1.94. The van der Waals surface area contributed by atoms with Gasteiger partial charge >= 0.3 is 0 Å². The minimum Gasteiger partial charge on any atom is -0.316 e. The normalized spacial score (nSPS) is 11.1. The lowest BCUT2D eigenvalue weighted by atomic mass is 10.3. The lowest BCUT2D eigenvalue weighted by molar-refractivity contribution is 0.922. The Morgan fingerprint density at radius 1 is 1.64 bits per heavy atom. The summed E-state index contributed by atoms with van der Waals surface area (Å²) in [5, 5.41) is 7.25. The molecule has 0 radical (unpaired) electrons. The van der Waals surface area contributed by atoms with Gasteiger partial charge in [-0.1, -0.05) is 12.2 Å². The first-order valence-electron chi connectivity index (χ1n) is 3.37. The Hall–Kier alpha value is -0.120. The summed E-state index contributed by atoms with van der Waals surface area (Å²) in [5.41, 5.74) is 1.25. The third-order valence-electron chi connectivity index (χ3n) is 1.26. The maximum absolute atomic E-state index is 3.46. The molecule has 0 aliphatic heterocycles. The van der Waals surface area contributed by atoms with Crippen molar-refractivity contribution in [2.24, 2.45) is 0 Å². The number of hydrogen-bond donors (Lipinski definition) is 1. The number of halogens is 1. The van der Waals surface area contributed by atoms with E-state index in [4.69, 9.17) is 0 Å². The fourth-order valence-electron chi connectivity index (χ4n) is 0.714. The zero-order valence-corrected chi connectivity index (χ0v) is 8.71. The van der Waals surface area contributed by atoms with Crippen molar-refractivity contribution in [2.45, 2.75) is 0 Å². The zero-order valence-electron chi connectivity index (χ0n) is 6.30. The maximum Gasteiger partial charge on any atom is 0.0354 e. The van der Waals surface area contributed by atoms with Crippen LogP contribution < -0.4 is 5.32 Å². The summed E-state index contributed by atoms with van der Waals surface area (Å²) in [5.74, 6) is 0. The second-order valence-corrected chi connectivity index (χ2v) is 3.73. The predicted molar refractivity (Wildman–Crippen MR) is 55.0 cm³/mol. The molecule has 3 heteroatoms. The van der Waals surface area contributed by atoms with E-state index in [0.717, 1.165) is 6.54 Å². The van der Waals surface area contributed by atoms with E-state index < -0.39 is 0 Å². The van der Waals surface area contributed by atoms with Crippen LogP contribution in [0.1, 0.15) is 5.56 Å². The largest absolute Gasteiger partial charge is 0.316 e. The van der Waals surface area contributed by atoms with Crippen LogP contribution in [-0.4, -0.2) is 13.6 Å². The Bertz CT molecular complexity index is 242. The van der Waals surface area contributed by atoms with Crippen molar-refractivity contribution in [3.05, 3.63) is 26.9 Å². The highest BCUT2D eigenvalue weighted by Crippen LogP contribution is 2.22. The molecule has 0 spiro atoms. The van der Waals surface area contributed by atoms with Crippen LogP contribution in [0.3, 0.4) is 0 Å². The minimum absolute atomic E-state index is 0.919. The maximum atomic E-state index is 3.46. The second-order valence-electron chi connectivity index (χ2n) is 2.14. The molecule has 0 bridgehead atoms. The Morgan fingerprint density at radius 2 is 2.45 bits per heavy atom. The van der Waals surface area contributed by atoms with Crippen LogP contribution in [0.5, 0.6) is 0 Å². The second kappa shape index (κ2) is 4.70. The van der Waals surface area contributed by atoms with Gasteiger partial charge in [-0.15, -0.1) is 0 Å². The molecule has 0 fully saturated rings. The first-order valence-corrected chi connectivity index (χ1v) is 5.11. The fourth-order valence-corrected chi connectivity index (χ4v) is 2.11. The molecule has 1 aromatic heterocycles. The van der Waals surface area contributed by atoms with E-state index in [9.17, 15) is 0 Å². The van der Waals surface area contributed by atoms with E-state index in [1.165, 1.54) is 10.0 Å². The van der Waals surface area contributed by atoms with Crippen LogP contribution in [-0.2, 0) is 0 Å². The van der Waals surface area contributed by atoms with Gasteiger partial charge in [0.1, 0.15) is 0 Å². The van der Waals surface area contributed by atoms with Crippen molar-refractivity contribution in [2.75, 3.05) is 13.6 Å². The van der Waals surface area contributed by atoms with Crippen LogP contribution in [0.25, 0.3) is 6.08 Å². The van der Waals surface area contributed by atoms with E-state index in [-0.39, 0.29) is 0 Å². The van der Waals surface area contributed by atoms with E-state index in [2.05, 4.69) is 44.2 Å². The molecule has 1 nitrogen and oxygen atoms in total. The first kappa shape index (κ1) is 8.97. The Labute approximate surface area is 79.3 Å². The summed E-state index contributed by atoms with van der Waals surface area (Å²) in [4.78, 5) is 0. The third-order valence-corrected chi connectivity index (χ3v) is 3.01. The molecule has 0 atom stereocenters. The van der Waals surface area contributed by atoms with E-state index in [0.29, 0.717) is 0 Å². The molecule has 0 saturated heterocycles. The molecule has 0 aromatic carbocycles. The van der Waals surface area contributed by atoms with Crippen LogP contribution in [0.15, 0.2) is 21.3 Å². The topological polar surface area (TPSA) is 12.0 Å². The Balaban J connectivity index is 2.56. The SMILES string of the molecule is CNCC=Cc1cscc1Br. The number of nitrogens with one attached hydrogen (secondary N) is 1. The van der Waals surface area contributed by atoms with Crippen LogP contribution in [0.2, 0.25) is 0 Å². The molecule has 1 N–H and O–H groups in total. The van der Waals surface area contributed by atoms with Gasteiger partial charge in [-0.05, 0) is 33.9 Å². The molecule has 1 heterocycles. The molecule has 0 aliphatic carbocycles. The van der Waals surface area contributed by atoms with E-state index in [1.807, 2.05) is 7.05 Å². The molecule has 1 aromatic rings. The number of hydrogen-bond acceptors (Lipinski definition) is 2. The average Bonchev–Trinajstić information content (AvgIpc) is 2.37. The summed E-state index contributed by atoms with van der Waals surface area (Å²) in [6.07, 6.45) is 4.21. The molecule has 60 valence electrons. The quantitative estimate of drug-likeness (QED) is 0.844. The fraction of sp³-hybridized carbons (Fsp3) is 0.250. The van der Waals surface area contributed by atoms with Gasteiger partial charge in [-0.2, -0.15) is 11.3 Å². The van der Waals surface area contributed by atoms with Gasteiger partial charge < -0.3 is 5.32 Å². The summed E-state index contributed by atoms with van der Waals surface area (Å²) in [6.45, 7) is 0.919. The molecule has 11 heavy (non-hydrogen) atoms. The summed E-state index contributed by atoms with van der Waals surface area (Å²) in [6, 6.07) is 0. The predicted octanol–water partition coefficient (Wildman–Crippen LogP) is 2.74. The van der Waals surface area contributed by atoms with Gasteiger partial charge in [0.25, 0.3) is 0 Å². The molecule has 1 rings (SSSR count). The van der Waals surface area contributed by atoms with Crippen molar-refractivity contribution in [3.63, 3.8) is 0 Å². The molecule has 0 amide bonds. The van der Waals surface area contributed by atoms with Crippen molar-refractivity contribution in [1.82, 2.24) is 5.32 Å². The highest BCUT2D eigenvalue weighted by Gasteiger charge is 1.93. The van der Waals surface area contributed by atoms with Gasteiger partial charge in [0.15, 0.2) is 0 Å². The van der Waals surface area contributed by atoms with Crippen LogP contribution in [0, 0.1) is 0 Å². The number of thiophene rings is 1. The van der Waals surface area contributed by atoms with Crippen LogP contribution >= 0.6 is 27.3 Å². The van der Waals surface area contributed by atoms with Crippen molar-refractivity contribution in [1.29, 1.82) is 0 Å². The molecular formula is C8H10BrNS. The van der Waals surface area contributed by atoms with Gasteiger partial charge in [0.05, 0.1) is 0 Å². The first-order chi connectivity index (χ1) is 5.34. The monoisotopic (exact) mass is 231 g/mol.